The third kappa shape index (κ3) is 5.39. The van der Waals surface area contributed by atoms with Crippen molar-refractivity contribution in [2.45, 2.75) is 57.4 Å². The van der Waals surface area contributed by atoms with Crippen molar-refractivity contribution in [3.63, 3.8) is 0 Å². The van der Waals surface area contributed by atoms with Gasteiger partial charge < -0.3 is 9.80 Å². The summed E-state index contributed by atoms with van der Waals surface area (Å²) in [5, 5.41) is 0.628. The first-order valence-electron chi connectivity index (χ1n) is 13.1. The van der Waals surface area contributed by atoms with Crippen molar-refractivity contribution in [1.29, 1.82) is 0 Å². The van der Waals surface area contributed by atoms with E-state index >= 15 is 0 Å². The molecule has 35 heavy (non-hydrogen) atoms. The van der Waals surface area contributed by atoms with Gasteiger partial charge in [-0.2, -0.15) is 0 Å². The number of pyridine rings is 1. The van der Waals surface area contributed by atoms with Crippen LogP contribution >= 0.6 is 11.6 Å². The standard InChI is InChI=1S/C28H35ClN4O2/c1-20-6-11-25(28(35)33-18-16-31(17-19-33)24-4-2-3-5-24)26(30-20)21-12-14-32(15-13-21)27(34)22-7-9-23(29)10-8-22/h6-11,21,24H,2-5,12-19H2,1H3. The topological polar surface area (TPSA) is 56.8 Å². The number of likely N-dealkylation sites (tertiary alicyclic amines) is 1. The van der Waals surface area contributed by atoms with E-state index in [1.54, 1.807) is 24.3 Å². The van der Waals surface area contributed by atoms with Crippen LogP contribution in [0.3, 0.4) is 0 Å². The molecule has 0 N–H and O–H groups in total. The molecule has 1 saturated carbocycles. The molecule has 0 bridgehead atoms. The molecule has 186 valence electrons. The van der Waals surface area contributed by atoms with Crippen molar-refractivity contribution in [1.82, 2.24) is 19.7 Å². The normalized spacial score (nSPS) is 20.4. The van der Waals surface area contributed by atoms with Crippen molar-refractivity contribution < 1.29 is 9.59 Å². The molecule has 2 saturated heterocycles. The Bertz CT molecular complexity index is 1050. The van der Waals surface area contributed by atoms with Crippen molar-refractivity contribution in [2.75, 3.05) is 39.3 Å². The largest absolute Gasteiger partial charge is 0.339 e. The zero-order valence-corrected chi connectivity index (χ0v) is 21.3. The summed E-state index contributed by atoms with van der Waals surface area (Å²) >= 11 is 5.97. The van der Waals surface area contributed by atoms with Crippen LogP contribution in [0.25, 0.3) is 0 Å². The SMILES string of the molecule is Cc1ccc(C(=O)N2CCN(C3CCCC3)CC2)c(C2CCN(C(=O)c3ccc(Cl)cc3)CC2)n1. The second-order valence-corrected chi connectivity index (χ2v) is 10.7. The molecule has 1 aliphatic carbocycles. The molecule has 0 unspecified atom stereocenters. The van der Waals surface area contributed by atoms with Crippen LogP contribution in [0.15, 0.2) is 36.4 Å². The fourth-order valence-electron chi connectivity index (χ4n) is 5.93. The van der Waals surface area contributed by atoms with Crippen molar-refractivity contribution in [3.8, 4) is 0 Å². The lowest BCUT2D eigenvalue weighted by Crippen LogP contribution is -2.51. The van der Waals surface area contributed by atoms with Crippen LogP contribution in [0, 0.1) is 6.92 Å². The van der Waals surface area contributed by atoms with Gasteiger partial charge in [0.05, 0.1) is 11.3 Å². The Morgan fingerprint density at radius 2 is 1.43 bits per heavy atom. The van der Waals surface area contributed by atoms with Gasteiger partial charge >= 0.3 is 0 Å². The summed E-state index contributed by atoms with van der Waals surface area (Å²) in [6.45, 7) is 6.82. The Morgan fingerprint density at radius 1 is 0.800 bits per heavy atom. The molecule has 3 aliphatic rings. The number of aromatic nitrogens is 1. The van der Waals surface area contributed by atoms with Gasteiger partial charge in [-0.05, 0) is 69.0 Å². The number of piperidine rings is 1. The number of halogens is 1. The van der Waals surface area contributed by atoms with E-state index in [2.05, 4.69) is 4.90 Å². The summed E-state index contributed by atoms with van der Waals surface area (Å²) in [4.78, 5) is 37.8. The summed E-state index contributed by atoms with van der Waals surface area (Å²) in [6, 6.07) is 11.7. The minimum atomic E-state index is 0.0359. The third-order valence-corrected chi connectivity index (χ3v) is 8.25. The first-order chi connectivity index (χ1) is 17.0. The smallest absolute Gasteiger partial charge is 0.255 e. The number of benzene rings is 1. The van der Waals surface area contributed by atoms with E-state index in [0.717, 1.165) is 56.0 Å². The number of aryl methyl sites for hydroxylation is 1. The van der Waals surface area contributed by atoms with E-state index in [0.29, 0.717) is 29.7 Å². The molecule has 0 atom stereocenters. The monoisotopic (exact) mass is 494 g/mol. The average Bonchev–Trinajstić information content (AvgIpc) is 3.44. The van der Waals surface area contributed by atoms with Crippen LogP contribution in [0.2, 0.25) is 5.02 Å². The maximum atomic E-state index is 13.6. The highest BCUT2D eigenvalue weighted by Gasteiger charge is 2.32. The molecule has 3 heterocycles. The molecule has 0 radical (unpaired) electrons. The zero-order valence-electron chi connectivity index (χ0n) is 20.6. The summed E-state index contributed by atoms with van der Waals surface area (Å²) < 4.78 is 0. The molecule has 2 aromatic rings. The quantitative estimate of drug-likeness (QED) is 0.614. The lowest BCUT2D eigenvalue weighted by atomic mass is 9.89. The van der Waals surface area contributed by atoms with Gasteiger partial charge in [-0.1, -0.05) is 24.4 Å². The van der Waals surface area contributed by atoms with E-state index in [-0.39, 0.29) is 17.7 Å². The van der Waals surface area contributed by atoms with Crippen LogP contribution < -0.4 is 0 Å². The van der Waals surface area contributed by atoms with Gasteiger partial charge in [-0.25, -0.2) is 0 Å². The van der Waals surface area contributed by atoms with Gasteiger partial charge in [-0.3, -0.25) is 19.5 Å². The van der Waals surface area contributed by atoms with Gasteiger partial charge in [0.2, 0.25) is 0 Å². The molecular weight excluding hydrogens is 460 g/mol. The van der Waals surface area contributed by atoms with E-state index in [1.807, 2.05) is 28.9 Å². The number of hydrogen-bond donors (Lipinski definition) is 0. The Morgan fingerprint density at radius 3 is 2.09 bits per heavy atom. The third-order valence-electron chi connectivity index (χ3n) is 8.00. The Labute approximate surface area is 213 Å². The van der Waals surface area contributed by atoms with E-state index in [9.17, 15) is 9.59 Å². The number of carbonyl (C=O) groups excluding carboxylic acids is 2. The summed E-state index contributed by atoms with van der Waals surface area (Å²) in [5.41, 5.74) is 3.25. The maximum Gasteiger partial charge on any atom is 0.255 e. The zero-order chi connectivity index (χ0) is 24.4. The second-order valence-electron chi connectivity index (χ2n) is 10.2. The van der Waals surface area contributed by atoms with E-state index < -0.39 is 0 Å². The predicted molar refractivity (Wildman–Crippen MR) is 138 cm³/mol. The van der Waals surface area contributed by atoms with Gasteiger partial charge in [0.15, 0.2) is 0 Å². The van der Waals surface area contributed by atoms with Crippen LogP contribution in [0.1, 0.15) is 76.5 Å². The van der Waals surface area contributed by atoms with E-state index in [1.165, 1.54) is 25.7 Å². The van der Waals surface area contributed by atoms with E-state index in [4.69, 9.17) is 16.6 Å². The summed E-state index contributed by atoms with van der Waals surface area (Å²) in [5.74, 6) is 0.329. The highest BCUT2D eigenvalue weighted by Crippen LogP contribution is 2.31. The summed E-state index contributed by atoms with van der Waals surface area (Å²) in [7, 11) is 0. The second kappa shape index (κ2) is 10.7. The number of hydrogen-bond acceptors (Lipinski definition) is 4. The molecular formula is C28H35ClN4O2. The number of amides is 2. The van der Waals surface area contributed by atoms with Crippen LogP contribution in [-0.2, 0) is 0 Å². The minimum Gasteiger partial charge on any atom is -0.339 e. The molecule has 7 heteroatoms. The number of carbonyl (C=O) groups is 2. The maximum absolute atomic E-state index is 13.6. The molecule has 6 nitrogen and oxygen atoms in total. The molecule has 3 fully saturated rings. The predicted octanol–water partition coefficient (Wildman–Crippen LogP) is 4.76. The van der Waals surface area contributed by atoms with Crippen LogP contribution in [0.4, 0.5) is 0 Å². The molecule has 2 aliphatic heterocycles. The lowest BCUT2D eigenvalue weighted by molar-refractivity contribution is 0.0568. The van der Waals surface area contributed by atoms with Gasteiger partial charge in [0.1, 0.15) is 0 Å². The Hall–Kier alpha value is -2.44. The fraction of sp³-hybridized carbons (Fsp3) is 0.536. The van der Waals surface area contributed by atoms with Crippen LogP contribution in [0.5, 0.6) is 0 Å². The Balaban J connectivity index is 1.24. The van der Waals surface area contributed by atoms with Crippen molar-refractivity contribution in [3.05, 3.63) is 63.9 Å². The van der Waals surface area contributed by atoms with Crippen molar-refractivity contribution >= 4 is 23.4 Å². The molecule has 0 spiro atoms. The number of rotatable bonds is 4. The first kappa shape index (κ1) is 24.3. The number of nitrogens with zero attached hydrogens (tertiary/aromatic N) is 4. The average molecular weight is 495 g/mol. The highest BCUT2D eigenvalue weighted by molar-refractivity contribution is 6.30. The van der Waals surface area contributed by atoms with Gasteiger partial charge in [0, 0.05) is 67.5 Å². The van der Waals surface area contributed by atoms with Crippen molar-refractivity contribution in [2.24, 2.45) is 0 Å². The molecule has 1 aromatic heterocycles. The molecule has 2 amide bonds. The molecule has 5 rings (SSSR count). The van der Waals surface area contributed by atoms with Gasteiger partial charge in [0.25, 0.3) is 11.8 Å². The van der Waals surface area contributed by atoms with Crippen LogP contribution in [-0.4, -0.2) is 76.8 Å². The Kier molecular flexibility index (Phi) is 7.40. The lowest BCUT2D eigenvalue weighted by Gasteiger charge is -2.38. The minimum absolute atomic E-state index is 0.0359. The highest BCUT2D eigenvalue weighted by atomic mass is 35.5. The number of piperazine rings is 1. The molecule has 1 aromatic carbocycles. The fourth-order valence-corrected chi connectivity index (χ4v) is 6.06. The van der Waals surface area contributed by atoms with Gasteiger partial charge in [-0.15, -0.1) is 0 Å². The summed E-state index contributed by atoms with van der Waals surface area (Å²) in [6.07, 6.45) is 6.91. The first-order valence-corrected chi connectivity index (χ1v) is 13.4.